The Hall–Kier alpha value is -6.26. The second kappa shape index (κ2) is 14.6. The molecule has 0 N–H and O–H groups in total. The molecular weight excluding hydrogens is 661 g/mol. The zero-order valence-electron chi connectivity index (χ0n) is 30.2. The van der Waals surface area contributed by atoms with Crippen LogP contribution in [0.5, 0.6) is 0 Å². The van der Waals surface area contributed by atoms with Crippen molar-refractivity contribution in [2.45, 2.75) is 44.2 Å². The first-order valence-corrected chi connectivity index (χ1v) is 19.1. The van der Waals surface area contributed by atoms with E-state index in [4.69, 9.17) is 0 Å². The van der Waals surface area contributed by atoms with Crippen molar-refractivity contribution in [3.8, 4) is 0 Å². The highest BCUT2D eigenvalue weighted by molar-refractivity contribution is 6.00. The van der Waals surface area contributed by atoms with Crippen LogP contribution in [0.1, 0.15) is 79.8 Å². The molecule has 4 nitrogen and oxygen atoms in total. The standard InChI is InChI=1S/C50H42N2O2/c53-47(37-21-9-3-10-22-37)30-29-40-43(50(54)38-23-11-4-12-24-38)31-42(44-34-51(32-35-17-5-1-6-18-35)45-27-15-13-25-39(44)45)49-48(40)41-26-14-16-28-46(41)52(49)33-36-19-7-2-8-20-36/h1-28,34,40,42-43H,29-33H2. The van der Waals surface area contributed by atoms with Crippen LogP contribution in [-0.4, -0.2) is 20.7 Å². The van der Waals surface area contributed by atoms with Crippen molar-refractivity contribution in [2.24, 2.45) is 5.92 Å². The molecule has 0 fully saturated rings. The molecule has 3 unspecified atom stereocenters. The molecule has 0 saturated heterocycles. The molecule has 1 aliphatic carbocycles. The fourth-order valence-electron chi connectivity index (χ4n) is 9.03. The van der Waals surface area contributed by atoms with Gasteiger partial charge in [-0.15, -0.1) is 0 Å². The van der Waals surface area contributed by atoms with E-state index in [2.05, 4.69) is 125 Å². The van der Waals surface area contributed by atoms with Crippen LogP contribution < -0.4 is 0 Å². The van der Waals surface area contributed by atoms with Crippen LogP contribution in [0.3, 0.4) is 0 Å². The third kappa shape index (κ3) is 6.28. The fourth-order valence-corrected chi connectivity index (χ4v) is 9.03. The summed E-state index contributed by atoms with van der Waals surface area (Å²) in [4.78, 5) is 28.7. The molecule has 0 bridgehead atoms. The molecule has 3 atom stereocenters. The summed E-state index contributed by atoms with van der Waals surface area (Å²) in [5, 5.41) is 2.38. The van der Waals surface area contributed by atoms with Crippen LogP contribution >= 0.6 is 0 Å². The number of ketones is 2. The largest absolute Gasteiger partial charge is 0.343 e. The number of carbonyl (C=O) groups is 2. The van der Waals surface area contributed by atoms with Crippen LogP contribution in [0, 0.1) is 5.92 Å². The molecule has 0 amide bonds. The van der Waals surface area contributed by atoms with Gasteiger partial charge in [-0.05, 0) is 53.1 Å². The monoisotopic (exact) mass is 702 g/mol. The van der Waals surface area contributed by atoms with Crippen LogP contribution in [0.2, 0.25) is 0 Å². The zero-order valence-corrected chi connectivity index (χ0v) is 30.2. The lowest BCUT2D eigenvalue weighted by atomic mass is 9.66. The maximum Gasteiger partial charge on any atom is 0.166 e. The van der Waals surface area contributed by atoms with E-state index in [1.54, 1.807) is 0 Å². The average molecular weight is 703 g/mol. The van der Waals surface area contributed by atoms with Gasteiger partial charge in [0.05, 0.1) is 0 Å². The summed E-state index contributed by atoms with van der Waals surface area (Å²) < 4.78 is 4.89. The Morgan fingerprint density at radius 3 is 1.76 bits per heavy atom. The second-order valence-corrected chi connectivity index (χ2v) is 14.7. The summed E-state index contributed by atoms with van der Waals surface area (Å²) in [6, 6.07) is 58.0. The highest BCUT2D eigenvalue weighted by atomic mass is 16.1. The minimum atomic E-state index is -0.319. The van der Waals surface area contributed by atoms with Gasteiger partial charge in [0.2, 0.25) is 0 Å². The van der Waals surface area contributed by atoms with Crippen molar-refractivity contribution < 1.29 is 9.59 Å². The Morgan fingerprint density at radius 2 is 1.09 bits per heavy atom. The van der Waals surface area contributed by atoms with Crippen molar-refractivity contribution in [1.82, 2.24) is 9.13 Å². The molecule has 1 aliphatic rings. The van der Waals surface area contributed by atoms with E-state index in [0.717, 1.165) is 23.2 Å². The lowest BCUT2D eigenvalue weighted by Crippen LogP contribution is -2.32. The summed E-state index contributed by atoms with van der Waals surface area (Å²) in [5.74, 6) is -0.257. The first kappa shape index (κ1) is 33.6. The van der Waals surface area contributed by atoms with Gasteiger partial charge in [-0.3, -0.25) is 9.59 Å². The van der Waals surface area contributed by atoms with Crippen molar-refractivity contribution in [1.29, 1.82) is 0 Å². The van der Waals surface area contributed by atoms with Gasteiger partial charge in [-0.25, -0.2) is 0 Å². The molecule has 8 aromatic rings. The molecule has 0 radical (unpaired) electrons. The first-order valence-electron chi connectivity index (χ1n) is 19.1. The van der Waals surface area contributed by atoms with E-state index >= 15 is 0 Å². The molecular formula is C50H42N2O2. The van der Waals surface area contributed by atoms with Gasteiger partial charge in [0.25, 0.3) is 0 Å². The third-order valence-electron chi connectivity index (χ3n) is 11.5. The molecule has 264 valence electrons. The summed E-state index contributed by atoms with van der Waals surface area (Å²) in [7, 11) is 0. The van der Waals surface area contributed by atoms with Gasteiger partial charge in [0.15, 0.2) is 11.6 Å². The van der Waals surface area contributed by atoms with E-state index in [1.807, 2.05) is 60.7 Å². The molecule has 0 aliphatic heterocycles. The SMILES string of the molecule is O=C(CCC1c2c(n(Cc3ccccc3)c3ccccc23)C(c2cn(Cc3ccccc3)c3ccccc23)CC1C(=O)c1ccccc1)c1ccccc1. The third-order valence-corrected chi connectivity index (χ3v) is 11.5. The Bertz CT molecular complexity index is 2570. The number of para-hydroxylation sites is 2. The lowest BCUT2D eigenvalue weighted by Gasteiger charge is -2.37. The van der Waals surface area contributed by atoms with Crippen LogP contribution in [0.4, 0.5) is 0 Å². The van der Waals surface area contributed by atoms with E-state index in [9.17, 15) is 9.59 Å². The Balaban J connectivity index is 1.27. The Labute approximate surface area is 316 Å². The van der Waals surface area contributed by atoms with Crippen molar-refractivity contribution in [3.63, 3.8) is 0 Å². The highest BCUT2D eigenvalue weighted by Crippen LogP contribution is 2.53. The highest BCUT2D eigenvalue weighted by Gasteiger charge is 2.44. The average Bonchev–Trinajstić information content (AvgIpc) is 3.76. The minimum Gasteiger partial charge on any atom is -0.343 e. The van der Waals surface area contributed by atoms with Gasteiger partial charge < -0.3 is 9.13 Å². The number of carbonyl (C=O) groups excluding carboxylic acids is 2. The number of benzene rings is 6. The van der Waals surface area contributed by atoms with Crippen LogP contribution in [-0.2, 0) is 13.1 Å². The number of fused-ring (bicyclic) bond motifs is 4. The van der Waals surface area contributed by atoms with Crippen molar-refractivity contribution >= 4 is 33.4 Å². The van der Waals surface area contributed by atoms with Gasteiger partial charge in [-0.1, -0.05) is 158 Å². The summed E-state index contributed by atoms with van der Waals surface area (Å²) in [6.45, 7) is 1.47. The fraction of sp³-hybridized carbons (Fsp3) is 0.160. The van der Waals surface area contributed by atoms with Gasteiger partial charge in [-0.2, -0.15) is 0 Å². The Kier molecular flexibility index (Phi) is 9.10. The molecule has 0 saturated carbocycles. The molecule has 2 aromatic heterocycles. The molecule has 6 aromatic carbocycles. The molecule has 2 heterocycles. The maximum atomic E-state index is 15.0. The number of hydrogen-bond acceptors (Lipinski definition) is 2. The zero-order chi connectivity index (χ0) is 36.4. The predicted molar refractivity (Wildman–Crippen MR) is 218 cm³/mol. The summed E-state index contributed by atoms with van der Waals surface area (Å²) in [5.41, 5.74) is 9.98. The number of hydrogen-bond donors (Lipinski definition) is 0. The van der Waals surface area contributed by atoms with Crippen molar-refractivity contribution in [3.05, 3.63) is 215 Å². The number of aromatic nitrogens is 2. The number of Topliss-reactive ketones (excluding diaryl/α,β-unsaturated/α-hetero) is 2. The van der Waals surface area contributed by atoms with Gasteiger partial charge >= 0.3 is 0 Å². The van der Waals surface area contributed by atoms with Crippen LogP contribution in [0.25, 0.3) is 21.8 Å². The van der Waals surface area contributed by atoms with E-state index in [-0.39, 0.29) is 29.3 Å². The first-order chi connectivity index (χ1) is 26.6. The predicted octanol–water partition coefficient (Wildman–Crippen LogP) is 11.5. The number of rotatable bonds is 11. The normalized spacial score (nSPS) is 16.7. The molecule has 0 spiro atoms. The second-order valence-electron chi connectivity index (χ2n) is 14.7. The van der Waals surface area contributed by atoms with Crippen LogP contribution in [0.15, 0.2) is 176 Å². The topological polar surface area (TPSA) is 44.0 Å². The van der Waals surface area contributed by atoms with Gasteiger partial charge in [0, 0.05) is 76.2 Å². The quantitative estimate of drug-likeness (QED) is 0.126. The van der Waals surface area contributed by atoms with Crippen molar-refractivity contribution in [2.75, 3.05) is 0 Å². The van der Waals surface area contributed by atoms with E-state index < -0.39 is 0 Å². The molecule has 4 heteroatoms. The van der Waals surface area contributed by atoms with Gasteiger partial charge in [0.1, 0.15) is 0 Å². The summed E-state index contributed by atoms with van der Waals surface area (Å²) >= 11 is 0. The summed E-state index contributed by atoms with van der Waals surface area (Å²) in [6.07, 6.45) is 3.95. The Morgan fingerprint density at radius 1 is 0.556 bits per heavy atom. The van der Waals surface area contributed by atoms with E-state index in [1.165, 1.54) is 44.2 Å². The van der Waals surface area contributed by atoms with E-state index in [0.29, 0.717) is 25.8 Å². The smallest absolute Gasteiger partial charge is 0.166 e. The lowest BCUT2D eigenvalue weighted by molar-refractivity contribution is 0.0862. The molecule has 9 rings (SSSR count). The minimum absolute atomic E-state index is 0.0585. The number of nitrogens with zero attached hydrogens (tertiary/aromatic N) is 2. The molecule has 54 heavy (non-hydrogen) atoms. The maximum absolute atomic E-state index is 15.0.